The minimum Gasteiger partial charge on any atom is -0.310 e. The molecule has 1 aromatic heterocycles. The van der Waals surface area contributed by atoms with E-state index in [0.717, 1.165) is 23.3 Å². The Labute approximate surface area is 116 Å². The van der Waals surface area contributed by atoms with Gasteiger partial charge in [-0.1, -0.05) is 12.1 Å². The molecule has 1 spiro atoms. The van der Waals surface area contributed by atoms with Crippen LogP contribution in [0.5, 0.6) is 0 Å². The van der Waals surface area contributed by atoms with Gasteiger partial charge in [-0.2, -0.15) is 0 Å². The number of amides is 1. The minimum absolute atomic E-state index is 0.0677. The first-order valence-corrected chi connectivity index (χ1v) is 6.71. The molecule has 0 radical (unpaired) electrons. The van der Waals surface area contributed by atoms with Crippen LogP contribution in [0.2, 0.25) is 0 Å². The van der Waals surface area contributed by atoms with Crippen LogP contribution in [0.25, 0.3) is 0 Å². The Morgan fingerprint density at radius 1 is 1.21 bits per heavy atom. The Balaban J connectivity index is 1.88. The lowest BCUT2D eigenvalue weighted by molar-refractivity contribution is -0.120. The fraction of sp³-hybridized carbons (Fsp3) is 0.200. The third-order valence-electron chi connectivity index (χ3n) is 4.16. The maximum absolute atomic E-state index is 12.4. The highest BCUT2D eigenvalue weighted by Gasteiger charge is 2.50. The smallest absolute Gasteiger partial charge is 0.237 e. The number of thiol groups is 1. The van der Waals surface area contributed by atoms with E-state index in [4.69, 9.17) is 0 Å². The Morgan fingerprint density at radius 3 is 2.95 bits per heavy atom. The molecule has 1 N–H and O–H groups in total. The molecule has 1 atom stereocenters. The summed E-state index contributed by atoms with van der Waals surface area (Å²) in [5, 5.41) is 2.91. The molecule has 1 aromatic carbocycles. The first kappa shape index (κ1) is 11.1. The number of fused-ring (bicyclic) bond motifs is 3. The van der Waals surface area contributed by atoms with Crippen LogP contribution in [-0.2, 0) is 23.1 Å². The van der Waals surface area contributed by atoms with E-state index in [9.17, 15) is 4.79 Å². The Bertz CT molecular complexity index is 713. The molecule has 2 aliphatic rings. The molecule has 0 saturated heterocycles. The molecule has 0 bridgehead atoms. The number of nitrogens with zero attached hydrogens (tertiary/aromatic N) is 1. The topological polar surface area (TPSA) is 42.0 Å². The van der Waals surface area contributed by atoms with Gasteiger partial charge in [0.05, 0.1) is 5.41 Å². The van der Waals surface area contributed by atoms with Gasteiger partial charge in [0.2, 0.25) is 5.91 Å². The van der Waals surface area contributed by atoms with E-state index in [-0.39, 0.29) is 5.91 Å². The summed E-state index contributed by atoms with van der Waals surface area (Å²) in [6, 6.07) is 10.0. The number of rotatable bonds is 0. The lowest BCUT2D eigenvalue weighted by atomic mass is 9.79. The maximum Gasteiger partial charge on any atom is 0.237 e. The van der Waals surface area contributed by atoms with Crippen LogP contribution >= 0.6 is 12.6 Å². The van der Waals surface area contributed by atoms with Crippen LogP contribution in [-0.4, -0.2) is 10.9 Å². The van der Waals surface area contributed by atoms with Crippen LogP contribution in [0.4, 0.5) is 5.82 Å². The van der Waals surface area contributed by atoms with Gasteiger partial charge in [0.1, 0.15) is 5.82 Å². The fourth-order valence-corrected chi connectivity index (χ4v) is 3.48. The van der Waals surface area contributed by atoms with E-state index >= 15 is 0 Å². The molecule has 2 heterocycles. The first-order chi connectivity index (χ1) is 9.19. The Kier molecular flexibility index (Phi) is 2.10. The third-order valence-corrected chi connectivity index (χ3v) is 4.44. The van der Waals surface area contributed by atoms with Crippen LogP contribution < -0.4 is 5.32 Å². The minimum atomic E-state index is -0.465. The van der Waals surface area contributed by atoms with Gasteiger partial charge in [-0.25, -0.2) is 4.98 Å². The molecule has 94 valence electrons. The second-order valence-electron chi connectivity index (χ2n) is 5.24. The van der Waals surface area contributed by atoms with E-state index < -0.39 is 5.41 Å². The van der Waals surface area contributed by atoms with Crippen molar-refractivity contribution in [2.45, 2.75) is 23.2 Å². The second kappa shape index (κ2) is 3.61. The zero-order chi connectivity index (χ0) is 13.0. The fourth-order valence-electron chi connectivity index (χ4n) is 3.25. The first-order valence-electron chi connectivity index (χ1n) is 6.27. The van der Waals surface area contributed by atoms with Gasteiger partial charge in [-0.05, 0) is 42.2 Å². The number of carbonyl (C=O) groups excluding carboxylic acids is 1. The quantitative estimate of drug-likeness (QED) is 0.720. The zero-order valence-corrected chi connectivity index (χ0v) is 11.1. The van der Waals surface area contributed by atoms with E-state index in [2.05, 4.69) is 35.1 Å². The number of anilines is 1. The van der Waals surface area contributed by atoms with Crippen molar-refractivity contribution in [1.82, 2.24) is 4.98 Å². The van der Waals surface area contributed by atoms with Crippen LogP contribution in [0.15, 0.2) is 41.4 Å². The number of benzene rings is 1. The molecule has 4 rings (SSSR count). The highest BCUT2D eigenvalue weighted by atomic mass is 32.1. The largest absolute Gasteiger partial charge is 0.310 e. The SMILES string of the molecule is O=C1Nc2ncccc2[C@]12Cc1ccc(S)cc1C2. The summed E-state index contributed by atoms with van der Waals surface area (Å²) in [6.07, 6.45) is 3.20. The summed E-state index contributed by atoms with van der Waals surface area (Å²) in [5.74, 6) is 0.782. The standard InChI is InChI=1S/C15H12N2OS/c18-14-15(12-2-1-5-16-13(12)17-14)7-9-3-4-11(19)6-10(9)8-15/h1-6,19H,7-8H2,(H,16,17,18)/t15-/m1/s1. The number of hydrogen-bond donors (Lipinski definition) is 2. The highest BCUT2D eigenvalue weighted by Crippen LogP contribution is 2.46. The Morgan fingerprint density at radius 2 is 2.05 bits per heavy atom. The molecule has 3 nitrogen and oxygen atoms in total. The highest BCUT2D eigenvalue weighted by molar-refractivity contribution is 7.80. The summed E-state index contributed by atoms with van der Waals surface area (Å²) in [6.45, 7) is 0. The average molecular weight is 268 g/mol. The molecule has 1 aliphatic carbocycles. The number of hydrogen-bond acceptors (Lipinski definition) is 3. The lowest BCUT2D eigenvalue weighted by Crippen LogP contribution is -2.35. The van der Waals surface area contributed by atoms with Crippen molar-refractivity contribution in [2.75, 3.05) is 5.32 Å². The Hall–Kier alpha value is -1.81. The monoisotopic (exact) mass is 268 g/mol. The number of aromatic nitrogens is 1. The zero-order valence-electron chi connectivity index (χ0n) is 10.2. The number of nitrogens with one attached hydrogen (secondary N) is 1. The summed E-state index contributed by atoms with van der Waals surface area (Å²) in [4.78, 5) is 17.6. The summed E-state index contributed by atoms with van der Waals surface area (Å²) < 4.78 is 0. The lowest BCUT2D eigenvalue weighted by Gasteiger charge is -2.20. The van der Waals surface area contributed by atoms with E-state index in [1.54, 1.807) is 6.20 Å². The van der Waals surface area contributed by atoms with E-state index in [0.29, 0.717) is 5.82 Å². The second-order valence-corrected chi connectivity index (χ2v) is 5.76. The van der Waals surface area contributed by atoms with Crippen LogP contribution in [0.1, 0.15) is 16.7 Å². The number of carbonyl (C=O) groups is 1. The van der Waals surface area contributed by atoms with E-state index in [1.165, 1.54) is 11.1 Å². The molecule has 19 heavy (non-hydrogen) atoms. The molecule has 0 unspecified atom stereocenters. The van der Waals surface area contributed by atoms with Gasteiger partial charge in [0.25, 0.3) is 0 Å². The van der Waals surface area contributed by atoms with Gasteiger partial charge >= 0.3 is 0 Å². The van der Waals surface area contributed by atoms with Gasteiger partial charge in [0.15, 0.2) is 0 Å². The van der Waals surface area contributed by atoms with Crippen molar-refractivity contribution in [3.63, 3.8) is 0 Å². The van der Waals surface area contributed by atoms with Crippen molar-refractivity contribution < 1.29 is 4.79 Å². The van der Waals surface area contributed by atoms with Gasteiger partial charge in [0, 0.05) is 16.7 Å². The summed E-state index contributed by atoms with van der Waals surface area (Å²) >= 11 is 4.38. The molecular weight excluding hydrogens is 256 g/mol. The molecule has 0 saturated carbocycles. The third kappa shape index (κ3) is 1.40. The maximum atomic E-state index is 12.4. The molecule has 1 amide bonds. The van der Waals surface area contributed by atoms with Crippen molar-refractivity contribution in [3.05, 3.63) is 53.2 Å². The molecule has 4 heteroatoms. The molecular formula is C15H12N2OS. The van der Waals surface area contributed by atoms with Gasteiger partial charge in [-0.3, -0.25) is 4.79 Å². The molecule has 1 aliphatic heterocycles. The summed E-state index contributed by atoms with van der Waals surface area (Å²) in [7, 11) is 0. The van der Waals surface area contributed by atoms with Crippen molar-refractivity contribution >= 4 is 24.4 Å². The van der Waals surface area contributed by atoms with Crippen molar-refractivity contribution in [2.24, 2.45) is 0 Å². The summed E-state index contributed by atoms with van der Waals surface area (Å²) in [5.41, 5.74) is 3.02. The van der Waals surface area contributed by atoms with E-state index in [1.807, 2.05) is 18.2 Å². The van der Waals surface area contributed by atoms with Gasteiger partial charge < -0.3 is 5.32 Å². The molecule has 0 fully saturated rings. The number of pyridine rings is 1. The normalized spacial score (nSPS) is 23.3. The van der Waals surface area contributed by atoms with Crippen LogP contribution in [0.3, 0.4) is 0 Å². The average Bonchev–Trinajstić information content (AvgIpc) is 2.90. The van der Waals surface area contributed by atoms with Gasteiger partial charge in [-0.15, -0.1) is 12.6 Å². The van der Waals surface area contributed by atoms with Crippen molar-refractivity contribution in [1.29, 1.82) is 0 Å². The molecule has 2 aromatic rings. The van der Waals surface area contributed by atoms with Crippen molar-refractivity contribution in [3.8, 4) is 0 Å². The van der Waals surface area contributed by atoms with Crippen LogP contribution in [0, 0.1) is 0 Å². The predicted octanol–water partition coefficient (Wildman–Crippen LogP) is 2.36. The predicted molar refractivity (Wildman–Crippen MR) is 75.6 cm³/mol.